The summed E-state index contributed by atoms with van der Waals surface area (Å²) in [6, 6.07) is 5.44. The van der Waals surface area contributed by atoms with E-state index in [0.29, 0.717) is 10.6 Å². The second kappa shape index (κ2) is 6.60. The lowest BCUT2D eigenvalue weighted by Crippen LogP contribution is -2.39. The molecule has 6 nitrogen and oxygen atoms in total. The van der Waals surface area contributed by atoms with Gasteiger partial charge >= 0.3 is 6.03 Å². The minimum atomic E-state index is -0.774. The molecule has 0 spiro atoms. The highest BCUT2D eigenvalue weighted by Gasteiger charge is 2.24. The summed E-state index contributed by atoms with van der Waals surface area (Å²) in [4.78, 5) is 12.0. The summed E-state index contributed by atoms with van der Waals surface area (Å²) in [6.07, 6.45) is 4.29. The van der Waals surface area contributed by atoms with E-state index in [2.05, 4.69) is 15.7 Å². The highest BCUT2D eigenvalue weighted by molar-refractivity contribution is 6.30. The minimum absolute atomic E-state index is 0.0159. The maximum absolute atomic E-state index is 12.0. The van der Waals surface area contributed by atoms with E-state index in [9.17, 15) is 9.90 Å². The largest absolute Gasteiger partial charge is 0.386 e. The van der Waals surface area contributed by atoms with Crippen molar-refractivity contribution < 1.29 is 9.90 Å². The average molecular weight is 335 g/mol. The lowest BCUT2D eigenvalue weighted by atomic mass is 10.1. The Morgan fingerprint density at radius 3 is 3.13 bits per heavy atom. The third-order valence-electron chi connectivity index (χ3n) is 4.05. The van der Waals surface area contributed by atoms with Crippen LogP contribution in [0.1, 0.15) is 35.3 Å². The topological polar surface area (TPSA) is 79.2 Å². The fraction of sp³-hybridized carbons (Fsp3) is 0.375. The number of nitrogens with one attached hydrogen (secondary N) is 2. The molecule has 0 saturated carbocycles. The van der Waals surface area contributed by atoms with Gasteiger partial charge in [-0.3, -0.25) is 4.68 Å². The van der Waals surface area contributed by atoms with E-state index in [4.69, 9.17) is 11.6 Å². The number of benzene rings is 1. The van der Waals surface area contributed by atoms with Gasteiger partial charge in [0.2, 0.25) is 0 Å². The number of carbonyl (C=O) groups excluding carboxylic acids is 1. The van der Waals surface area contributed by atoms with Crippen LogP contribution in [0, 0.1) is 0 Å². The Labute approximate surface area is 139 Å². The van der Waals surface area contributed by atoms with Gasteiger partial charge in [-0.25, -0.2) is 4.79 Å². The first-order valence-electron chi connectivity index (χ1n) is 7.52. The number of aliphatic hydroxyl groups is 1. The van der Waals surface area contributed by atoms with Crippen molar-refractivity contribution in [1.82, 2.24) is 20.4 Å². The van der Waals surface area contributed by atoms with Gasteiger partial charge in [-0.1, -0.05) is 17.7 Å². The molecule has 1 aliphatic carbocycles. The van der Waals surface area contributed by atoms with Crippen molar-refractivity contribution >= 4 is 17.6 Å². The van der Waals surface area contributed by atoms with Gasteiger partial charge in [0.25, 0.3) is 0 Å². The number of nitrogens with zero attached hydrogens (tertiary/aromatic N) is 2. The monoisotopic (exact) mass is 334 g/mol. The van der Waals surface area contributed by atoms with Crippen LogP contribution in [0.3, 0.4) is 0 Å². The highest BCUT2D eigenvalue weighted by atomic mass is 35.5. The third kappa shape index (κ3) is 3.65. The SMILES string of the molecule is Cn1cc([C@@H](O)CNC(=O)N[C@@H]2CCc3cc(Cl)ccc32)cn1. The van der Waals surface area contributed by atoms with E-state index >= 15 is 0 Å². The molecule has 3 rings (SSSR count). The van der Waals surface area contributed by atoms with Gasteiger partial charge in [-0.2, -0.15) is 5.10 Å². The molecule has 1 aliphatic rings. The minimum Gasteiger partial charge on any atom is -0.386 e. The molecule has 0 bridgehead atoms. The predicted octanol–water partition coefficient (Wildman–Crippen LogP) is 2.09. The Hall–Kier alpha value is -2.05. The van der Waals surface area contributed by atoms with Gasteiger partial charge in [0, 0.05) is 30.4 Å². The second-order valence-corrected chi connectivity index (χ2v) is 6.19. The third-order valence-corrected chi connectivity index (χ3v) is 4.29. The number of aryl methyl sites for hydroxylation is 2. The van der Waals surface area contributed by atoms with Gasteiger partial charge in [0.05, 0.1) is 18.3 Å². The smallest absolute Gasteiger partial charge is 0.315 e. The molecule has 0 saturated heterocycles. The number of urea groups is 1. The molecule has 0 radical (unpaired) electrons. The van der Waals surface area contributed by atoms with Crippen LogP contribution in [0.5, 0.6) is 0 Å². The summed E-state index contributed by atoms with van der Waals surface area (Å²) in [5.74, 6) is 0. The van der Waals surface area contributed by atoms with Gasteiger partial charge in [-0.05, 0) is 36.1 Å². The zero-order chi connectivity index (χ0) is 16.4. The van der Waals surface area contributed by atoms with Gasteiger partial charge < -0.3 is 15.7 Å². The number of fused-ring (bicyclic) bond motifs is 1. The van der Waals surface area contributed by atoms with Crippen LogP contribution < -0.4 is 10.6 Å². The fourth-order valence-corrected chi connectivity index (χ4v) is 3.06. The molecule has 0 aliphatic heterocycles. The fourth-order valence-electron chi connectivity index (χ4n) is 2.86. The normalized spacial score (nSPS) is 17.6. The average Bonchev–Trinajstić information content (AvgIpc) is 3.11. The molecular formula is C16H19ClN4O2. The Balaban J connectivity index is 1.53. The van der Waals surface area contributed by atoms with Crippen molar-refractivity contribution in [2.45, 2.75) is 25.0 Å². The summed E-state index contributed by atoms with van der Waals surface area (Å²) < 4.78 is 1.61. The van der Waals surface area contributed by atoms with E-state index in [0.717, 1.165) is 18.4 Å². The molecule has 1 heterocycles. The molecule has 122 valence electrons. The Bertz CT molecular complexity index is 716. The molecule has 23 heavy (non-hydrogen) atoms. The van der Waals surface area contributed by atoms with Crippen LogP contribution in [0.2, 0.25) is 5.02 Å². The molecule has 0 unspecified atom stereocenters. The molecule has 1 aromatic carbocycles. The standard InChI is InChI=1S/C16H19ClN4O2/c1-21-9-11(7-19-21)15(22)8-18-16(23)20-14-5-2-10-6-12(17)3-4-13(10)14/h3-4,6-7,9,14-15,22H,2,5,8H2,1H3,(H2,18,20,23)/t14-,15+/m1/s1. The van der Waals surface area contributed by atoms with Crippen molar-refractivity contribution in [2.75, 3.05) is 6.54 Å². The first kappa shape index (κ1) is 15.8. The Kier molecular flexibility index (Phi) is 4.54. The summed E-state index contributed by atoms with van der Waals surface area (Å²) in [6.45, 7) is 0.137. The molecular weight excluding hydrogens is 316 g/mol. The molecule has 2 aromatic rings. The van der Waals surface area contributed by atoms with E-state index in [-0.39, 0.29) is 18.6 Å². The van der Waals surface area contributed by atoms with Gasteiger partial charge in [0.15, 0.2) is 0 Å². The van der Waals surface area contributed by atoms with Crippen molar-refractivity contribution in [3.05, 3.63) is 52.3 Å². The van der Waals surface area contributed by atoms with E-state index in [1.165, 1.54) is 5.56 Å². The highest BCUT2D eigenvalue weighted by Crippen LogP contribution is 2.32. The number of hydrogen-bond donors (Lipinski definition) is 3. The summed E-state index contributed by atoms with van der Waals surface area (Å²) in [5.41, 5.74) is 2.96. The number of aromatic nitrogens is 2. The van der Waals surface area contributed by atoms with Crippen molar-refractivity contribution in [3.8, 4) is 0 Å². The molecule has 0 fully saturated rings. The first-order valence-corrected chi connectivity index (χ1v) is 7.90. The summed E-state index contributed by atoms with van der Waals surface area (Å²) in [7, 11) is 1.78. The molecule has 2 atom stereocenters. The molecule has 2 amide bonds. The van der Waals surface area contributed by atoms with Crippen molar-refractivity contribution in [2.24, 2.45) is 7.05 Å². The quantitative estimate of drug-likeness (QED) is 0.801. The Morgan fingerprint density at radius 2 is 2.39 bits per heavy atom. The Morgan fingerprint density at radius 1 is 1.57 bits per heavy atom. The lowest BCUT2D eigenvalue weighted by Gasteiger charge is -2.16. The van der Waals surface area contributed by atoms with Gasteiger partial charge in [-0.15, -0.1) is 0 Å². The van der Waals surface area contributed by atoms with Crippen LogP contribution in [-0.4, -0.2) is 27.5 Å². The predicted molar refractivity (Wildman–Crippen MR) is 87.2 cm³/mol. The second-order valence-electron chi connectivity index (χ2n) is 5.75. The van der Waals surface area contributed by atoms with E-state index in [1.54, 1.807) is 24.1 Å². The maximum atomic E-state index is 12.0. The van der Waals surface area contributed by atoms with Crippen molar-refractivity contribution in [3.63, 3.8) is 0 Å². The van der Waals surface area contributed by atoms with E-state index in [1.807, 2.05) is 18.2 Å². The maximum Gasteiger partial charge on any atom is 0.315 e. The van der Waals surface area contributed by atoms with Crippen LogP contribution >= 0.6 is 11.6 Å². The van der Waals surface area contributed by atoms with Crippen LogP contribution in [0.4, 0.5) is 4.79 Å². The number of amides is 2. The zero-order valence-electron chi connectivity index (χ0n) is 12.8. The lowest BCUT2D eigenvalue weighted by molar-refractivity contribution is 0.172. The molecule has 7 heteroatoms. The zero-order valence-corrected chi connectivity index (χ0v) is 13.5. The summed E-state index contributed by atoms with van der Waals surface area (Å²) >= 11 is 5.99. The number of rotatable bonds is 4. The molecule has 3 N–H and O–H groups in total. The van der Waals surface area contributed by atoms with Crippen LogP contribution in [0.15, 0.2) is 30.6 Å². The number of carbonyl (C=O) groups is 1. The van der Waals surface area contributed by atoms with Crippen molar-refractivity contribution in [1.29, 1.82) is 0 Å². The first-order chi connectivity index (χ1) is 11.0. The number of halogens is 1. The molecule has 1 aromatic heterocycles. The van der Waals surface area contributed by atoms with Crippen LogP contribution in [0.25, 0.3) is 0 Å². The van der Waals surface area contributed by atoms with Crippen LogP contribution in [-0.2, 0) is 13.5 Å². The van der Waals surface area contributed by atoms with E-state index < -0.39 is 6.10 Å². The number of hydrogen-bond acceptors (Lipinski definition) is 3. The van der Waals surface area contributed by atoms with Gasteiger partial charge in [0.1, 0.15) is 0 Å². The summed E-state index contributed by atoms with van der Waals surface area (Å²) in [5, 5.41) is 20.4. The number of aliphatic hydroxyl groups excluding tert-OH is 1.